The molecule has 1 atom stereocenters. The zero-order valence-electron chi connectivity index (χ0n) is 12.1. The lowest BCUT2D eigenvalue weighted by Crippen LogP contribution is -2.06. The Morgan fingerprint density at radius 1 is 1.29 bits per heavy atom. The first-order valence-electron chi connectivity index (χ1n) is 7.11. The Labute approximate surface area is 129 Å². The van der Waals surface area contributed by atoms with Crippen molar-refractivity contribution in [1.29, 1.82) is 0 Å². The fourth-order valence-electron chi connectivity index (χ4n) is 2.40. The van der Waals surface area contributed by atoms with E-state index in [1.807, 2.05) is 6.07 Å². The number of thioether (sulfide) groups is 1. The number of anilines is 1. The van der Waals surface area contributed by atoms with Crippen molar-refractivity contribution >= 4 is 17.6 Å². The normalized spacial score (nSPS) is 17.9. The van der Waals surface area contributed by atoms with E-state index in [1.165, 1.54) is 10.5 Å². The van der Waals surface area contributed by atoms with Crippen LogP contribution in [0, 0.1) is 0 Å². The number of nitrogens with one attached hydrogen (secondary N) is 1. The van der Waals surface area contributed by atoms with Gasteiger partial charge in [0.2, 0.25) is 0 Å². The molecule has 4 nitrogen and oxygen atoms in total. The average Bonchev–Trinajstić information content (AvgIpc) is 3.08. The van der Waals surface area contributed by atoms with Crippen molar-refractivity contribution in [2.75, 3.05) is 24.8 Å². The van der Waals surface area contributed by atoms with Gasteiger partial charge in [0.15, 0.2) is 0 Å². The molecule has 0 saturated carbocycles. The number of benzene rings is 1. The molecule has 0 aliphatic carbocycles. The highest BCUT2D eigenvalue weighted by molar-refractivity contribution is 7.98. The first-order valence-corrected chi connectivity index (χ1v) is 8.34. The van der Waals surface area contributed by atoms with Crippen LogP contribution in [0.5, 0.6) is 0 Å². The lowest BCUT2D eigenvalue weighted by Gasteiger charge is -2.10. The van der Waals surface area contributed by atoms with Gasteiger partial charge in [-0.05, 0) is 30.4 Å². The summed E-state index contributed by atoms with van der Waals surface area (Å²) in [5.41, 5.74) is 2.32. The van der Waals surface area contributed by atoms with Crippen molar-refractivity contribution in [2.45, 2.75) is 23.8 Å². The molecule has 110 valence electrons. The van der Waals surface area contributed by atoms with Crippen molar-refractivity contribution in [1.82, 2.24) is 9.97 Å². The van der Waals surface area contributed by atoms with Gasteiger partial charge in [-0.1, -0.05) is 12.1 Å². The molecule has 2 aromatic rings. The standard InChI is InChI=1S/C16H19N3OS/c1-21-14-4-2-12(3-5-14)9-17-16-8-15(18-11-19-16)13-6-7-20-10-13/h2-5,8,11,13H,6-7,9-10H2,1H3,(H,17,18,19). The predicted molar refractivity (Wildman–Crippen MR) is 85.8 cm³/mol. The van der Waals surface area contributed by atoms with Gasteiger partial charge in [-0.25, -0.2) is 9.97 Å². The number of hydrogen-bond acceptors (Lipinski definition) is 5. The second kappa shape index (κ2) is 6.91. The number of nitrogens with zero attached hydrogens (tertiary/aromatic N) is 2. The smallest absolute Gasteiger partial charge is 0.129 e. The molecular weight excluding hydrogens is 282 g/mol. The third-order valence-corrected chi connectivity index (χ3v) is 4.41. The van der Waals surface area contributed by atoms with E-state index in [4.69, 9.17) is 4.74 Å². The lowest BCUT2D eigenvalue weighted by atomic mass is 10.1. The van der Waals surface area contributed by atoms with Crippen molar-refractivity contribution in [3.63, 3.8) is 0 Å². The molecule has 0 bridgehead atoms. The van der Waals surface area contributed by atoms with Crippen LogP contribution in [0.3, 0.4) is 0 Å². The number of hydrogen-bond donors (Lipinski definition) is 1. The molecule has 0 radical (unpaired) electrons. The second-order valence-corrected chi connectivity index (χ2v) is 5.97. The van der Waals surface area contributed by atoms with Gasteiger partial charge in [0.1, 0.15) is 12.1 Å². The molecule has 1 aliphatic rings. The van der Waals surface area contributed by atoms with Crippen LogP contribution in [-0.4, -0.2) is 29.4 Å². The maximum absolute atomic E-state index is 5.42. The highest BCUT2D eigenvalue weighted by Crippen LogP contribution is 2.24. The van der Waals surface area contributed by atoms with E-state index in [-0.39, 0.29) is 0 Å². The topological polar surface area (TPSA) is 47.0 Å². The van der Waals surface area contributed by atoms with Crippen molar-refractivity contribution < 1.29 is 4.74 Å². The maximum Gasteiger partial charge on any atom is 0.129 e. The number of aromatic nitrogens is 2. The molecule has 21 heavy (non-hydrogen) atoms. The van der Waals surface area contributed by atoms with Crippen molar-refractivity contribution in [2.24, 2.45) is 0 Å². The van der Waals surface area contributed by atoms with Gasteiger partial charge in [-0.2, -0.15) is 0 Å². The maximum atomic E-state index is 5.42. The van der Waals surface area contributed by atoms with Gasteiger partial charge in [-0.15, -0.1) is 11.8 Å². The van der Waals surface area contributed by atoms with E-state index in [9.17, 15) is 0 Å². The van der Waals surface area contributed by atoms with Gasteiger partial charge in [-0.3, -0.25) is 0 Å². The molecule has 1 N–H and O–H groups in total. The summed E-state index contributed by atoms with van der Waals surface area (Å²) in [5, 5.41) is 3.36. The van der Waals surface area contributed by atoms with Gasteiger partial charge in [0.25, 0.3) is 0 Å². The third-order valence-electron chi connectivity index (χ3n) is 3.67. The van der Waals surface area contributed by atoms with Crippen LogP contribution in [0.4, 0.5) is 5.82 Å². The summed E-state index contributed by atoms with van der Waals surface area (Å²) in [4.78, 5) is 9.94. The molecule has 1 aliphatic heterocycles. The Kier molecular flexibility index (Phi) is 4.72. The van der Waals surface area contributed by atoms with Crippen LogP contribution in [-0.2, 0) is 11.3 Å². The minimum atomic E-state index is 0.411. The van der Waals surface area contributed by atoms with E-state index in [1.54, 1.807) is 18.1 Å². The molecule has 2 heterocycles. The molecule has 1 fully saturated rings. The zero-order chi connectivity index (χ0) is 14.5. The fourth-order valence-corrected chi connectivity index (χ4v) is 2.80. The lowest BCUT2D eigenvalue weighted by molar-refractivity contribution is 0.193. The first-order chi connectivity index (χ1) is 10.3. The van der Waals surface area contributed by atoms with Crippen LogP contribution >= 0.6 is 11.8 Å². The summed E-state index contributed by atoms with van der Waals surface area (Å²) in [7, 11) is 0. The van der Waals surface area contributed by atoms with Crippen LogP contribution in [0.25, 0.3) is 0 Å². The molecule has 1 saturated heterocycles. The van der Waals surface area contributed by atoms with Crippen LogP contribution in [0.1, 0.15) is 23.6 Å². The Balaban J connectivity index is 1.62. The van der Waals surface area contributed by atoms with Gasteiger partial charge in [0.05, 0.1) is 12.3 Å². The minimum Gasteiger partial charge on any atom is -0.381 e. The summed E-state index contributed by atoms with van der Waals surface area (Å²) in [5.74, 6) is 1.29. The van der Waals surface area contributed by atoms with Crippen molar-refractivity contribution in [3.8, 4) is 0 Å². The molecule has 1 unspecified atom stereocenters. The van der Waals surface area contributed by atoms with Crippen LogP contribution in [0.2, 0.25) is 0 Å². The Hall–Kier alpha value is -1.59. The summed E-state index contributed by atoms with van der Waals surface area (Å²) < 4.78 is 5.42. The molecule has 1 aromatic heterocycles. The molecule has 3 rings (SSSR count). The Morgan fingerprint density at radius 2 is 2.14 bits per heavy atom. The number of ether oxygens (including phenoxy) is 1. The van der Waals surface area contributed by atoms with E-state index in [0.29, 0.717) is 5.92 Å². The highest BCUT2D eigenvalue weighted by Gasteiger charge is 2.19. The largest absolute Gasteiger partial charge is 0.381 e. The van der Waals surface area contributed by atoms with Crippen molar-refractivity contribution in [3.05, 3.63) is 47.9 Å². The van der Waals surface area contributed by atoms with Crippen LogP contribution in [0.15, 0.2) is 41.6 Å². The minimum absolute atomic E-state index is 0.411. The highest BCUT2D eigenvalue weighted by atomic mass is 32.2. The molecule has 5 heteroatoms. The molecule has 0 spiro atoms. The van der Waals surface area contributed by atoms with Gasteiger partial charge in [0, 0.05) is 30.0 Å². The van der Waals surface area contributed by atoms with E-state index < -0.39 is 0 Å². The van der Waals surface area contributed by atoms with Crippen LogP contribution < -0.4 is 5.32 Å². The van der Waals surface area contributed by atoms with Gasteiger partial charge >= 0.3 is 0 Å². The molecular formula is C16H19N3OS. The zero-order valence-corrected chi connectivity index (χ0v) is 12.9. The quantitative estimate of drug-likeness (QED) is 0.859. The average molecular weight is 301 g/mol. The van der Waals surface area contributed by atoms with E-state index >= 15 is 0 Å². The predicted octanol–water partition coefficient (Wildman–Crippen LogP) is 3.31. The Bertz CT molecular complexity index is 582. The fraction of sp³-hybridized carbons (Fsp3) is 0.375. The molecule has 1 aromatic carbocycles. The third kappa shape index (κ3) is 3.74. The Morgan fingerprint density at radius 3 is 2.86 bits per heavy atom. The van der Waals surface area contributed by atoms with E-state index in [2.05, 4.69) is 45.8 Å². The van der Waals surface area contributed by atoms with E-state index in [0.717, 1.165) is 37.7 Å². The second-order valence-electron chi connectivity index (χ2n) is 5.09. The van der Waals surface area contributed by atoms with Gasteiger partial charge < -0.3 is 10.1 Å². The summed E-state index contributed by atoms with van der Waals surface area (Å²) in [6, 6.07) is 10.6. The first kappa shape index (κ1) is 14.4. The molecule has 0 amide bonds. The summed E-state index contributed by atoms with van der Waals surface area (Å²) in [6.07, 6.45) is 4.77. The SMILES string of the molecule is CSc1ccc(CNc2cc(C3CCOC3)ncn2)cc1. The summed E-state index contributed by atoms with van der Waals surface area (Å²) >= 11 is 1.76. The number of rotatable bonds is 5. The monoisotopic (exact) mass is 301 g/mol. The summed E-state index contributed by atoms with van der Waals surface area (Å²) in [6.45, 7) is 2.37.